The normalized spacial score (nSPS) is 14.8. The fourth-order valence-electron chi connectivity index (χ4n) is 3.19. The molecule has 28 heavy (non-hydrogen) atoms. The summed E-state index contributed by atoms with van der Waals surface area (Å²) in [5.41, 5.74) is 1.61. The van der Waals surface area contributed by atoms with Gasteiger partial charge in [-0.3, -0.25) is 4.90 Å². The molecule has 2 N–H and O–H groups in total. The van der Waals surface area contributed by atoms with Gasteiger partial charge in [-0.2, -0.15) is 0 Å². The van der Waals surface area contributed by atoms with Crippen LogP contribution >= 0.6 is 15.9 Å². The van der Waals surface area contributed by atoms with Crippen LogP contribution in [0, 0.1) is 5.82 Å². The van der Waals surface area contributed by atoms with Gasteiger partial charge in [-0.15, -0.1) is 0 Å². The highest BCUT2D eigenvalue weighted by atomic mass is 79.9. The fourth-order valence-corrected chi connectivity index (χ4v) is 3.79. The van der Waals surface area contributed by atoms with Crippen molar-refractivity contribution in [2.75, 3.05) is 46.4 Å². The molecule has 1 aliphatic heterocycles. The summed E-state index contributed by atoms with van der Waals surface area (Å²) in [5.74, 6) is 0.933. The third-order valence-corrected chi connectivity index (χ3v) is 5.35. The SMILES string of the molecule is COc1cc(CNCCN2CCNCC2)cc(Br)c1OCc1ccccc1F. The number of hydrogen-bond donors (Lipinski definition) is 2. The predicted octanol–water partition coefficient (Wildman–Crippen LogP) is 3.17. The van der Waals surface area contributed by atoms with Crippen LogP contribution in [-0.4, -0.2) is 51.3 Å². The molecule has 3 rings (SSSR count). The molecular weight excluding hydrogens is 425 g/mol. The monoisotopic (exact) mass is 451 g/mol. The second-order valence-electron chi connectivity index (χ2n) is 6.76. The van der Waals surface area contributed by atoms with Crippen LogP contribution in [0.1, 0.15) is 11.1 Å². The minimum Gasteiger partial charge on any atom is -0.493 e. The van der Waals surface area contributed by atoms with Crippen molar-refractivity contribution in [3.8, 4) is 11.5 Å². The average Bonchev–Trinajstić information content (AvgIpc) is 2.72. The molecule has 1 fully saturated rings. The molecule has 152 valence electrons. The van der Waals surface area contributed by atoms with Crippen molar-refractivity contribution >= 4 is 15.9 Å². The van der Waals surface area contributed by atoms with Gasteiger partial charge in [0.2, 0.25) is 0 Å². The molecule has 0 aliphatic carbocycles. The molecule has 1 saturated heterocycles. The van der Waals surface area contributed by atoms with E-state index in [1.54, 1.807) is 25.3 Å². The second-order valence-corrected chi connectivity index (χ2v) is 7.61. The Kier molecular flexibility index (Phi) is 8.09. The van der Waals surface area contributed by atoms with E-state index in [1.807, 2.05) is 12.1 Å². The number of halogens is 2. The van der Waals surface area contributed by atoms with Crippen LogP contribution in [0.15, 0.2) is 40.9 Å². The maximum atomic E-state index is 13.8. The summed E-state index contributed by atoms with van der Waals surface area (Å²) in [4.78, 5) is 2.46. The van der Waals surface area contributed by atoms with Crippen molar-refractivity contribution in [1.82, 2.24) is 15.5 Å². The van der Waals surface area contributed by atoms with E-state index in [-0.39, 0.29) is 12.4 Å². The van der Waals surface area contributed by atoms with E-state index < -0.39 is 0 Å². The largest absolute Gasteiger partial charge is 0.493 e. The number of hydrogen-bond acceptors (Lipinski definition) is 5. The lowest BCUT2D eigenvalue weighted by Gasteiger charge is -2.27. The van der Waals surface area contributed by atoms with Crippen molar-refractivity contribution < 1.29 is 13.9 Å². The average molecular weight is 452 g/mol. The Balaban J connectivity index is 1.55. The molecule has 0 bridgehead atoms. The van der Waals surface area contributed by atoms with E-state index in [1.165, 1.54) is 6.07 Å². The number of nitrogens with one attached hydrogen (secondary N) is 2. The number of piperazine rings is 1. The number of rotatable bonds is 9. The highest BCUT2D eigenvalue weighted by Crippen LogP contribution is 2.37. The van der Waals surface area contributed by atoms with Gasteiger partial charge in [0, 0.05) is 51.4 Å². The van der Waals surface area contributed by atoms with Crippen molar-refractivity contribution in [3.63, 3.8) is 0 Å². The zero-order chi connectivity index (χ0) is 19.8. The van der Waals surface area contributed by atoms with E-state index in [9.17, 15) is 4.39 Å². The lowest BCUT2D eigenvalue weighted by atomic mass is 10.2. The van der Waals surface area contributed by atoms with Crippen molar-refractivity contribution in [2.45, 2.75) is 13.2 Å². The summed E-state index contributed by atoms with van der Waals surface area (Å²) in [7, 11) is 1.61. The van der Waals surface area contributed by atoms with E-state index in [0.717, 1.165) is 55.8 Å². The van der Waals surface area contributed by atoms with Crippen LogP contribution in [0.2, 0.25) is 0 Å². The second kappa shape index (κ2) is 10.8. The van der Waals surface area contributed by atoms with Crippen molar-refractivity contribution in [1.29, 1.82) is 0 Å². The van der Waals surface area contributed by atoms with Crippen LogP contribution in [0.3, 0.4) is 0 Å². The summed E-state index contributed by atoms with van der Waals surface area (Å²) in [6, 6.07) is 10.6. The first kappa shape index (κ1) is 21.0. The number of ether oxygens (including phenoxy) is 2. The Morgan fingerprint density at radius 1 is 1.21 bits per heavy atom. The van der Waals surface area contributed by atoms with Gasteiger partial charge in [0.15, 0.2) is 11.5 Å². The van der Waals surface area contributed by atoms with Crippen LogP contribution in [0.5, 0.6) is 11.5 Å². The van der Waals surface area contributed by atoms with Gasteiger partial charge in [0.05, 0.1) is 11.6 Å². The Hall–Kier alpha value is -1.67. The molecule has 0 amide bonds. The highest BCUT2D eigenvalue weighted by molar-refractivity contribution is 9.10. The van der Waals surface area contributed by atoms with Gasteiger partial charge < -0.3 is 20.1 Å². The van der Waals surface area contributed by atoms with Gasteiger partial charge in [0.1, 0.15) is 12.4 Å². The molecule has 5 nitrogen and oxygen atoms in total. The molecule has 2 aromatic carbocycles. The first-order chi connectivity index (χ1) is 13.7. The standard InChI is InChI=1S/C21H27BrFN3O2/c1-27-20-13-16(14-25-8-11-26-9-6-24-7-10-26)12-18(22)21(20)28-15-17-4-2-3-5-19(17)23/h2-5,12-13,24-25H,6-11,14-15H2,1H3. The molecule has 7 heteroatoms. The molecule has 0 spiro atoms. The molecule has 0 aromatic heterocycles. The maximum Gasteiger partial charge on any atom is 0.175 e. The molecule has 0 saturated carbocycles. The van der Waals surface area contributed by atoms with Gasteiger partial charge in [0.25, 0.3) is 0 Å². The molecule has 0 radical (unpaired) electrons. The quantitative estimate of drug-likeness (QED) is 0.573. The number of nitrogens with zero attached hydrogens (tertiary/aromatic N) is 1. The van der Waals surface area contributed by atoms with E-state index in [2.05, 4.69) is 31.5 Å². The zero-order valence-corrected chi connectivity index (χ0v) is 17.7. The van der Waals surface area contributed by atoms with E-state index in [4.69, 9.17) is 9.47 Å². The fraction of sp³-hybridized carbons (Fsp3) is 0.429. The van der Waals surface area contributed by atoms with Crippen LogP contribution in [-0.2, 0) is 13.2 Å². The van der Waals surface area contributed by atoms with Gasteiger partial charge in [-0.25, -0.2) is 4.39 Å². The lowest BCUT2D eigenvalue weighted by molar-refractivity contribution is 0.241. The Bertz CT molecular complexity index is 769. The summed E-state index contributed by atoms with van der Waals surface area (Å²) >= 11 is 3.56. The minimum atomic E-state index is -0.275. The molecule has 0 unspecified atom stereocenters. The molecule has 1 aliphatic rings. The third-order valence-electron chi connectivity index (χ3n) is 4.76. The zero-order valence-electron chi connectivity index (χ0n) is 16.1. The Morgan fingerprint density at radius 2 is 2.00 bits per heavy atom. The maximum absolute atomic E-state index is 13.8. The van der Waals surface area contributed by atoms with Gasteiger partial charge >= 0.3 is 0 Å². The van der Waals surface area contributed by atoms with Crippen LogP contribution in [0.25, 0.3) is 0 Å². The van der Waals surface area contributed by atoms with Crippen LogP contribution in [0.4, 0.5) is 4.39 Å². The van der Waals surface area contributed by atoms with Crippen molar-refractivity contribution in [2.24, 2.45) is 0 Å². The van der Waals surface area contributed by atoms with Crippen LogP contribution < -0.4 is 20.1 Å². The predicted molar refractivity (Wildman–Crippen MR) is 112 cm³/mol. The molecular formula is C21H27BrFN3O2. The summed E-state index contributed by atoms with van der Waals surface area (Å²) < 4.78 is 25.9. The van der Waals surface area contributed by atoms with E-state index in [0.29, 0.717) is 17.1 Å². The van der Waals surface area contributed by atoms with Crippen molar-refractivity contribution in [3.05, 3.63) is 57.8 Å². The lowest BCUT2D eigenvalue weighted by Crippen LogP contribution is -2.45. The molecule has 2 aromatic rings. The summed E-state index contributed by atoms with van der Waals surface area (Å²) in [6.07, 6.45) is 0. The molecule has 1 heterocycles. The minimum absolute atomic E-state index is 0.143. The smallest absolute Gasteiger partial charge is 0.175 e. The number of methoxy groups -OCH3 is 1. The van der Waals surface area contributed by atoms with E-state index >= 15 is 0 Å². The summed E-state index contributed by atoms with van der Waals surface area (Å²) in [5, 5.41) is 6.85. The third kappa shape index (κ3) is 5.91. The first-order valence-corrected chi connectivity index (χ1v) is 10.3. The Morgan fingerprint density at radius 3 is 2.75 bits per heavy atom. The number of benzene rings is 2. The topological polar surface area (TPSA) is 45.8 Å². The first-order valence-electron chi connectivity index (χ1n) is 9.54. The van der Waals surface area contributed by atoms with Gasteiger partial charge in [-0.1, -0.05) is 18.2 Å². The summed E-state index contributed by atoms with van der Waals surface area (Å²) in [6.45, 7) is 7.22. The molecule has 0 atom stereocenters. The Labute approximate surface area is 174 Å². The highest BCUT2D eigenvalue weighted by Gasteiger charge is 2.13. The van der Waals surface area contributed by atoms with Gasteiger partial charge in [-0.05, 0) is 39.7 Å².